The molecule has 1 N–H and O–H groups in total. The lowest BCUT2D eigenvalue weighted by Gasteiger charge is -2.29. The summed E-state index contributed by atoms with van der Waals surface area (Å²) in [4.78, 5) is 26.8. The number of thiocarbonyl (C=S) groups is 1. The van der Waals surface area contributed by atoms with Crippen molar-refractivity contribution in [3.63, 3.8) is 0 Å². The van der Waals surface area contributed by atoms with E-state index in [-0.39, 0.29) is 33.0 Å². The molecule has 1 aliphatic heterocycles. The molecule has 3 rings (SSSR count). The third kappa shape index (κ3) is 4.80. The van der Waals surface area contributed by atoms with Crippen molar-refractivity contribution in [1.82, 2.24) is 5.32 Å². The van der Waals surface area contributed by atoms with Crippen molar-refractivity contribution in [2.24, 2.45) is 0 Å². The number of ether oxygens (including phenoxy) is 2. The van der Waals surface area contributed by atoms with E-state index in [9.17, 15) is 9.59 Å². The molecular formula is C21H15Cl2N3O4S. The van der Waals surface area contributed by atoms with Crippen molar-refractivity contribution < 1.29 is 19.1 Å². The van der Waals surface area contributed by atoms with E-state index >= 15 is 0 Å². The van der Waals surface area contributed by atoms with Gasteiger partial charge in [-0.2, -0.15) is 5.26 Å². The highest BCUT2D eigenvalue weighted by atomic mass is 35.5. The fraction of sp³-hybridized carbons (Fsp3) is 0.143. The van der Waals surface area contributed by atoms with Crippen LogP contribution >= 0.6 is 35.4 Å². The molecule has 2 amide bonds. The SMILES string of the molecule is CCOc1cc(/C=C2\C(=O)NC(=S)N(c3cccc(Cl)c3Cl)C2=O)ccc1OCC#N. The second kappa shape index (κ2) is 9.79. The number of hydrogen-bond acceptors (Lipinski definition) is 6. The van der Waals surface area contributed by atoms with Gasteiger partial charge in [0.25, 0.3) is 11.8 Å². The third-order valence-corrected chi connectivity index (χ3v) is 5.24. The second-order valence-corrected chi connectivity index (χ2v) is 7.29. The molecule has 0 spiro atoms. The van der Waals surface area contributed by atoms with Crippen molar-refractivity contribution in [1.29, 1.82) is 5.26 Å². The lowest BCUT2D eigenvalue weighted by atomic mass is 10.1. The molecular weight excluding hydrogens is 461 g/mol. The number of nitrogens with zero attached hydrogens (tertiary/aromatic N) is 2. The van der Waals surface area contributed by atoms with Crippen LogP contribution in [0.5, 0.6) is 11.5 Å². The highest BCUT2D eigenvalue weighted by molar-refractivity contribution is 7.80. The summed E-state index contributed by atoms with van der Waals surface area (Å²) in [6, 6.07) is 11.5. The van der Waals surface area contributed by atoms with Crippen LogP contribution in [0.1, 0.15) is 12.5 Å². The molecule has 0 radical (unpaired) electrons. The molecule has 1 heterocycles. The van der Waals surface area contributed by atoms with E-state index in [4.69, 9.17) is 50.2 Å². The minimum Gasteiger partial charge on any atom is -0.490 e. The average Bonchev–Trinajstić information content (AvgIpc) is 2.73. The normalized spacial score (nSPS) is 15.0. The summed E-state index contributed by atoms with van der Waals surface area (Å²) in [5, 5.41) is 11.5. The van der Waals surface area contributed by atoms with E-state index in [1.54, 1.807) is 43.3 Å². The summed E-state index contributed by atoms with van der Waals surface area (Å²) >= 11 is 17.5. The fourth-order valence-corrected chi connectivity index (χ4v) is 3.47. The van der Waals surface area contributed by atoms with E-state index < -0.39 is 11.8 Å². The number of amides is 2. The topological polar surface area (TPSA) is 91.7 Å². The molecule has 1 aliphatic rings. The van der Waals surface area contributed by atoms with E-state index in [2.05, 4.69) is 5.32 Å². The number of rotatable bonds is 6. The first-order valence-corrected chi connectivity index (χ1v) is 10.2. The minimum absolute atomic E-state index is 0.105. The van der Waals surface area contributed by atoms with Gasteiger partial charge in [0.15, 0.2) is 23.2 Å². The Morgan fingerprint density at radius 3 is 2.68 bits per heavy atom. The Bertz CT molecular complexity index is 1140. The van der Waals surface area contributed by atoms with Crippen LogP contribution < -0.4 is 19.7 Å². The van der Waals surface area contributed by atoms with Crippen molar-refractivity contribution in [3.05, 3.63) is 57.6 Å². The zero-order chi connectivity index (χ0) is 22.5. The van der Waals surface area contributed by atoms with Gasteiger partial charge in [0.2, 0.25) is 0 Å². The predicted octanol–water partition coefficient (Wildman–Crippen LogP) is 4.13. The van der Waals surface area contributed by atoms with Crippen LogP contribution in [-0.2, 0) is 9.59 Å². The Hall–Kier alpha value is -3.12. The summed E-state index contributed by atoms with van der Waals surface area (Å²) in [5.41, 5.74) is 0.610. The Labute approximate surface area is 193 Å². The first-order chi connectivity index (χ1) is 14.9. The predicted molar refractivity (Wildman–Crippen MR) is 121 cm³/mol. The standard InChI is InChI=1S/C21H15Cl2N3O4S/c1-2-29-17-11-12(6-7-16(17)30-9-8-24)10-13-19(27)25-21(31)26(20(13)28)15-5-3-4-14(22)18(15)23/h3-7,10-11H,2,9H2,1H3,(H,25,27,31)/b13-10+. The van der Waals surface area contributed by atoms with Crippen LogP contribution in [0.3, 0.4) is 0 Å². The third-order valence-electron chi connectivity index (χ3n) is 4.14. The van der Waals surface area contributed by atoms with Crippen LogP contribution in [0.4, 0.5) is 5.69 Å². The maximum atomic E-state index is 13.1. The number of nitrogens with one attached hydrogen (secondary N) is 1. The van der Waals surface area contributed by atoms with E-state index in [1.807, 2.05) is 6.07 Å². The van der Waals surface area contributed by atoms with Crippen LogP contribution in [0.25, 0.3) is 6.08 Å². The van der Waals surface area contributed by atoms with E-state index in [0.29, 0.717) is 23.7 Å². The lowest BCUT2D eigenvalue weighted by Crippen LogP contribution is -2.54. The smallest absolute Gasteiger partial charge is 0.270 e. The fourth-order valence-electron chi connectivity index (χ4n) is 2.82. The Kier molecular flexibility index (Phi) is 7.13. The van der Waals surface area contributed by atoms with Gasteiger partial charge in [0.1, 0.15) is 11.6 Å². The van der Waals surface area contributed by atoms with Gasteiger partial charge >= 0.3 is 0 Å². The van der Waals surface area contributed by atoms with Gasteiger partial charge in [-0.15, -0.1) is 0 Å². The first kappa shape index (κ1) is 22.6. The van der Waals surface area contributed by atoms with Crippen LogP contribution in [0.2, 0.25) is 10.0 Å². The van der Waals surface area contributed by atoms with Crippen molar-refractivity contribution in [2.75, 3.05) is 18.1 Å². The number of carbonyl (C=O) groups is 2. The highest BCUT2D eigenvalue weighted by Crippen LogP contribution is 2.35. The molecule has 0 atom stereocenters. The molecule has 0 aromatic heterocycles. The average molecular weight is 476 g/mol. The summed E-state index contributed by atoms with van der Waals surface area (Å²) in [7, 11) is 0. The van der Waals surface area contributed by atoms with Crippen molar-refractivity contribution in [3.8, 4) is 17.6 Å². The molecule has 31 heavy (non-hydrogen) atoms. The minimum atomic E-state index is -0.652. The molecule has 1 fully saturated rings. The molecule has 0 aliphatic carbocycles. The molecule has 10 heteroatoms. The number of benzene rings is 2. The van der Waals surface area contributed by atoms with Gasteiger partial charge < -0.3 is 9.47 Å². The maximum Gasteiger partial charge on any atom is 0.270 e. The summed E-state index contributed by atoms with van der Waals surface area (Å²) in [6.07, 6.45) is 1.40. The molecule has 1 saturated heterocycles. The quantitative estimate of drug-likeness (QED) is 0.383. The molecule has 158 valence electrons. The van der Waals surface area contributed by atoms with Crippen LogP contribution in [0, 0.1) is 11.3 Å². The maximum absolute atomic E-state index is 13.1. The summed E-state index contributed by atoms with van der Waals surface area (Å²) in [5.74, 6) is -0.549. The second-order valence-electron chi connectivity index (χ2n) is 6.12. The number of carbonyl (C=O) groups excluding carboxylic acids is 2. The summed E-state index contributed by atoms with van der Waals surface area (Å²) in [6.45, 7) is 2.01. The number of hydrogen-bond donors (Lipinski definition) is 1. The van der Waals surface area contributed by atoms with E-state index in [0.717, 1.165) is 4.90 Å². The summed E-state index contributed by atoms with van der Waals surface area (Å²) < 4.78 is 10.9. The first-order valence-electron chi connectivity index (χ1n) is 8.99. The Balaban J connectivity index is 2.01. The van der Waals surface area contributed by atoms with E-state index in [1.165, 1.54) is 6.08 Å². The highest BCUT2D eigenvalue weighted by Gasteiger charge is 2.35. The molecule has 0 saturated carbocycles. The molecule has 0 bridgehead atoms. The van der Waals surface area contributed by atoms with Crippen molar-refractivity contribution in [2.45, 2.75) is 6.92 Å². The largest absolute Gasteiger partial charge is 0.490 e. The van der Waals surface area contributed by atoms with Crippen LogP contribution in [-0.4, -0.2) is 30.1 Å². The zero-order valence-electron chi connectivity index (χ0n) is 16.1. The number of halogens is 2. The van der Waals surface area contributed by atoms with Crippen molar-refractivity contribution >= 4 is 64.1 Å². The number of nitriles is 1. The zero-order valence-corrected chi connectivity index (χ0v) is 18.5. The van der Waals surface area contributed by atoms with Gasteiger partial charge in [-0.3, -0.25) is 19.8 Å². The number of anilines is 1. The Morgan fingerprint density at radius 1 is 1.19 bits per heavy atom. The molecule has 7 nitrogen and oxygen atoms in total. The van der Waals surface area contributed by atoms with Gasteiger partial charge in [-0.25, -0.2) is 0 Å². The molecule has 2 aromatic carbocycles. The molecule has 0 unspecified atom stereocenters. The van der Waals surface area contributed by atoms with Crippen LogP contribution in [0.15, 0.2) is 42.0 Å². The van der Waals surface area contributed by atoms with Gasteiger partial charge in [-0.1, -0.05) is 35.3 Å². The molecule has 2 aromatic rings. The van der Waals surface area contributed by atoms with Gasteiger partial charge in [-0.05, 0) is 55.0 Å². The van der Waals surface area contributed by atoms with Gasteiger partial charge in [0.05, 0.1) is 22.3 Å². The Morgan fingerprint density at radius 2 is 1.97 bits per heavy atom. The lowest BCUT2D eigenvalue weighted by molar-refractivity contribution is -0.122. The monoisotopic (exact) mass is 475 g/mol. The van der Waals surface area contributed by atoms with Gasteiger partial charge in [0, 0.05) is 0 Å².